The number of amides is 1. The van der Waals surface area contributed by atoms with E-state index in [9.17, 15) is 4.79 Å². The quantitative estimate of drug-likeness (QED) is 0.927. The highest BCUT2D eigenvalue weighted by atomic mass is 79.9. The fourth-order valence-electron chi connectivity index (χ4n) is 1.61. The predicted octanol–water partition coefficient (Wildman–Crippen LogP) is 3.47. The summed E-state index contributed by atoms with van der Waals surface area (Å²) in [5.74, 6) is -0.122. The summed E-state index contributed by atoms with van der Waals surface area (Å²) in [6, 6.07) is 9.01. The molecule has 1 aromatic heterocycles. The molecule has 1 amide bonds. The molecule has 0 spiro atoms. The molecule has 0 fully saturated rings. The van der Waals surface area contributed by atoms with Crippen LogP contribution in [0.2, 0.25) is 5.02 Å². The number of carbonyl (C=O) groups excluding carboxylic acids is 1. The average Bonchev–Trinajstić information content (AvgIpc) is 2.43. The molecule has 0 aliphatic carbocycles. The number of nitrogens with one attached hydrogen (secondary N) is 1. The van der Waals surface area contributed by atoms with E-state index in [1.807, 2.05) is 12.1 Å². The Morgan fingerprint density at radius 3 is 2.68 bits per heavy atom. The third-order valence-electron chi connectivity index (χ3n) is 2.63. The lowest BCUT2D eigenvalue weighted by molar-refractivity contribution is 0.0954. The summed E-state index contributed by atoms with van der Waals surface area (Å²) in [7, 11) is 0. The van der Waals surface area contributed by atoms with E-state index < -0.39 is 0 Å². The van der Waals surface area contributed by atoms with Crippen LogP contribution in [0.15, 0.2) is 47.2 Å². The van der Waals surface area contributed by atoms with Crippen LogP contribution in [0.3, 0.4) is 0 Å². The van der Waals surface area contributed by atoms with Crippen LogP contribution >= 0.6 is 27.5 Å². The van der Waals surface area contributed by atoms with E-state index in [1.165, 1.54) is 0 Å². The molecular formula is C14H12BrClN2O. The van der Waals surface area contributed by atoms with Crippen molar-refractivity contribution in [1.29, 1.82) is 0 Å². The Morgan fingerprint density at radius 1 is 1.26 bits per heavy atom. The van der Waals surface area contributed by atoms with Gasteiger partial charge in [-0.05, 0) is 58.2 Å². The van der Waals surface area contributed by atoms with Gasteiger partial charge in [-0.2, -0.15) is 0 Å². The fourth-order valence-corrected chi connectivity index (χ4v) is 2.04. The summed E-state index contributed by atoms with van der Waals surface area (Å²) in [5.41, 5.74) is 1.70. The zero-order valence-electron chi connectivity index (χ0n) is 10.1. The highest BCUT2D eigenvalue weighted by Crippen LogP contribution is 2.23. The zero-order chi connectivity index (χ0) is 13.7. The largest absolute Gasteiger partial charge is 0.352 e. The number of halogens is 2. The Kier molecular flexibility index (Phi) is 4.93. The van der Waals surface area contributed by atoms with Gasteiger partial charge in [-0.25, -0.2) is 0 Å². The smallest absolute Gasteiger partial charge is 0.251 e. The van der Waals surface area contributed by atoms with Crippen molar-refractivity contribution in [3.63, 3.8) is 0 Å². The van der Waals surface area contributed by atoms with Gasteiger partial charge in [-0.15, -0.1) is 0 Å². The molecular weight excluding hydrogens is 328 g/mol. The minimum Gasteiger partial charge on any atom is -0.352 e. The monoisotopic (exact) mass is 338 g/mol. The molecule has 1 heterocycles. The Labute approximate surface area is 125 Å². The van der Waals surface area contributed by atoms with Crippen molar-refractivity contribution in [2.24, 2.45) is 0 Å². The van der Waals surface area contributed by atoms with Gasteiger partial charge < -0.3 is 5.32 Å². The molecule has 0 radical (unpaired) electrons. The van der Waals surface area contributed by atoms with Crippen LogP contribution in [0.25, 0.3) is 0 Å². The van der Waals surface area contributed by atoms with Crippen molar-refractivity contribution < 1.29 is 4.79 Å². The molecule has 0 bridgehead atoms. The lowest BCUT2D eigenvalue weighted by atomic mass is 10.2. The average molecular weight is 340 g/mol. The molecule has 0 saturated carbocycles. The third kappa shape index (κ3) is 4.04. The van der Waals surface area contributed by atoms with E-state index in [4.69, 9.17) is 11.6 Å². The van der Waals surface area contributed by atoms with E-state index in [1.54, 1.807) is 30.6 Å². The van der Waals surface area contributed by atoms with Gasteiger partial charge in [-0.1, -0.05) is 11.6 Å². The number of nitrogens with zero attached hydrogens (tertiary/aromatic N) is 1. The van der Waals surface area contributed by atoms with Gasteiger partial charge in [0.25, 0.3) is 5.91 Å². The molecule has 0 saturated heterocycles. The third-order valence-corrected chi connectivity index (χ3v) is 3.86. The van der Waals surface area contributed by atoms with Crippen molar-refractivity contribution in [3.05, 3.63) is 63.3 Å². The second-order valence-electron chi connectivity index (χ2n) is 3.99. The van der Waals surface area contributed by atoms with E-state index in [-0.39, 0.29) is 5.91 Å². The molecule has 0 atom stereocenters. The highest BCUT2D eigenvalue weighted by molar-refractivity contribution is 9.10. The van der Waals surface area contributed by atoms with Gasteiger partial charge in [0, 0.05) is 29.0 Å². The van der Waals surface area contributed by atoms with Gasteiger partial charge in [0.05, 0.1) is 5.02 Å². The lowest BCUT2D eigenvalue weighted by Crippen LogP contribution is -2.25. The Hall–Kier alpha value is -1.39. The van der Waals surface area contributed by atoms with Crippen LogP contribution in [0.4, 0.5) is 0 Å². The Balaban J connectivity index is 1.89. The molecule has 2 rings (SSSR count). The van der Waals surface area contributed by atoms with E-state index in [0.717, 1.165) is 16.5 Å². The van der Waals surface area contributed by atoms with Crippen LogP contribution in [0.5, 0.6) is 0 Å². The number of hydrogen-bond donors (Lipinski definition) is 1. The summed E-state index contributed by atoms with van der Waals surface area (Å²) in [4.78, 5) is 15.8. The topological polar surface area (TPSA) is 42.0 Å². The molecule has 19 heavy (non-hydrogen) atoms. The predicted molar refractivity (Wildman–Crippen MR) is 79.4 cm³/mol. The number of carbonyl (C=O) groups is 1. The Bertz CT molecular complexity index is 575. The van der Waals surface area contributed by atoms with Crippen molar-refractivity contribution in [2.75, 3.05) is 6.54 Å². The molecule has 5 heteroatoms. The zero-order valence-corrected chi connectivity index (χ0v) is 12.4. The van der Waals surface area contributed by atoms with Gasteiger partial charge in [-0.3, -0.25) is 9.78 Å². The van der Waals surface area contributed by atoms with Crippen molar-refractivity contribution in [2.45, 2.75) is 6.42 Å². The molecule has 0 aliphatic heterocycles. The number of pyridine rings is 1. The molecule has 1 N–H and O–H groups in total. The van der Waals surface area contributed by atoms with Gasteiger partial charge in [0.15, 0.2) is 0 Å². The summed E-state index contributed by atoms with van der Waals surface area (Å²) >= 11 is 9.25. The van der Waals surface area contributed by atoms with Crippen LogP contribution in [-0.2, 0) is 6.42 Å². The van der Waals surface area contributed by atoms with E-state index in [0.29, 0.717) is 17.1 Å². The van der Waals surface area contributed by atoms with Crippen molar-refractivity contribution >= 4 is 33.4 Å². The van der Waals surface area contributed by atoms with E-state index >= 15 is 0 Å². The number of benzene rings is 1. The van der Waals surface area contributed by atoms with E-state index in [2.05, 4.69) is 26.2 Å². The summed E-state index contributed by atoms with van der Waals surface area (Å²) < 4.78 is 0.780. The highest BCUT2D eigenvalue weighted by Gasteiger charge is 2.07. The van der Waals surface area contributed by atoms with Crippen molar-refractivity contribution in [3.8, 4) is 0 Å². The normalized spacial score (nSPS) is 10.2. The van der Waals surface area contributed by atoms with Crippen LogP contribution < -0.4 is 5.32 Å². The first-order valence-electron chi connectivity index (χ1n) is 5.79. The Morgan fingerprint density at radius 2 is 2.00 bits per heavy atom. The SMILES string of the molecule is O=C(NCCc1ccncc1)c1ccc(Br)c(Cl)c1. The summed E-state index contributed by atoms with van der Waals surface area (Å²) in [6.45, 7) is 0.580. The first-order chi connectivity index (χ1) is 9.16. The lowest BCUT2D eigenvalue weighted by Gasteiger charge is -2.06. The number of aromatic nitrogens is 1. The second-order valence-corrected chi connectivity index (χ2v) is 5.25. The fraction of sp³-hybridized carbons (Fsp3) is 0.143. The standard InChI is InChI=1S/C14H12BrClN2O/c15-12-2-1-11(9-13(12)16)14(19)18-8-5-10-3-6-17-7-4-10/h1-4,6-7,9H,5,8H2,(H,18,19). The molecule has 3 nitrogen and oxygen atoms in total. The maximum Gasteiger partial charge on any atom is 0.251 e. The maximum absolute atomic E-state index is 11.9. The van der Waals surface area contributed by atoms with Gasteiger partial charge in [0.1, 0.15) is 0 Å². The number of rotatable bonds is 4. The molecule has 0 aliphatic rings. The minimum atomic E-state index is -0.122. The molecule has 2 aromatic rings. The van der Waals surface area contributed by atoms with Crippen LogP contribution in [0.1, 0.15) is 15.9 Å². The summed E-state index contributed by atoms with van der Waals surface area (Å²) in [5, 5.41) is 3.39. The van der Waals surface area contributed by atoms with Crippen LogP contribution in [-0.4, -0.2) is 17.4 Å². The summed E-state index contributed by atoms with van der Waals surface area (Å²) in [6.07, 6.45) is 4.26. The number of hydrogen-bond acceptors (Lipinski definition) is 2. The first kappa shape index (κ1) is 14.0. The van der Waals surface area contributed by atoms with Crippen LogP contribution in [0, 0.1) is 0 Å². The van der Waals surface area contributed by atoms with Gasteiger partial charge >= 0.3 is 0 Å². The maximum atomic E-state index is 11.9. The van der Waals surface area contributed by atoms with Gasteiger partial charge in [0.2, 0.25) is 0 Å². The molecule has 1 aromatic carbocycles. The second kappa shape index (κ2) is 6.68. The minimum absolute atomic E-state index is 0.122. The molecule has 0 unspecified atom stereocenters. The van der Waals surface area contributed by atoms with Crippen molar-refractivity contribution in [1.82, 2.24) is 10.3 Å². The first-order valence-corrected chi connectivity index (χ1v) is 6.96. The molecule has 98 valence electrons.